The molecule has 1 unspecified atom stereocenters. The van der Waals surface area contributed by atoms with Gasteiger partial charge in [0.05, 0.1) is 0 Å². The van der Waals surface area contributed by atoms with Gasteiger partial charge < -0.3 is 9.80 Å². The summed E-state index contributed by atoms with van der Waals surface area (Å²) >= 11 is 6.30. The van der Waals surface area contributed by atoms with Crippen molar-refractivity contribution in [3.05, 3.63) is 64.4 Å². The van der Waals surface area contributed by atoms with Crippen LogP contribution < -0.4 is 4.90 Å². The minimum atomic E-state index is -3.71. The first-order chi connectivity index (χ1) is 15.7. The van der Waals surface area contributed by atoms with Crippen LogP contribution in [0.5, 0.6) is 0 Å². The second-order valence-corrected chi connectivity index (χ2v) is 11.3. The van der Waals surface area contributed by atoms with E-state index in [4.69, 9.17) is 11.6 Å². The molecule has 2 fully saturated rings. The van der Waals surface area contributed by atoms with Gasteiger partial charge in [-0.15, -0.1) is 0 Å². The van der Waals surface area contributed by atoms with Crippen LogP contribution in [0.15, 0.2) is 42.5 Å². The van der Waals surface area contributed by atoms with E-state index in [9.17, 15) is 13.2 Å². The van der Waals surface area contributed by atoms with E-state index in [0.29, 0.717) is 55.2 Å². The summed E-state index contributed by atoms with van der Waals surface area (Å²) in [5.74, 6) is -0.383. The first kappa shape index (κ1) is 24.0. The Kier molecular flexibility index (Phi) is 6.98. The Bertz CT molecular complexity index is 1140. The van der Waals surface area contributed by atoms with E-state index in [-0.39, 0.29) is 18.5 Å². The van der Waals surface area contributed by atoms with Crippen molar-refractivity contribution in [2.24, 2.45) is 0 Å². The summed E-state index contributed by atoms with van der Waals surface area (Å²) in [5.41, 5.74) is 1.68. The molecule has 33 heavy (non-hydrogen) atoms. The number of carbonyl (C=O) groups excluding carboxylic acids is 1. The summed E-state index contributed by atoms with van der Waals surface area (Å²) in [6.45, 7) is 5.87. The highest BCUT2D eigenvalue weighted by molar-refractivity contribution is 7.89. The van der Waals surface area contributed by atoms with Gasteiger partial charge in [0.25, 0.3) is 0 Å². The highest BCUT2D eigenvalue weighted by Gasteiger charge is 2.41. The molecule has 178 valence electrons. The Morgan fingerprint density at radius 1 is 1.09 bits per heavy atom. The van der Waals surface area contributed by atoms with Crippen molar-refractivity contribution >= 4 is 33.2 Å². The van der Waals surface area contributed by atoms with Gasteiger partial charge in [-0.05, 0) is 43.5 Å². The van der Waals surface area contributed by atoms with Crippen molar-refractivity contribution in [1.29, 1.82) is 0 Å². The number of benzene rings is 2. The van der Waals surface area contributed by atoms with Gasteiger partial charge in [0.2, 0.25) is 15.9 Å². The number of hydrogen-bond acceptors (Lipinski definition) is 4. The van der Waals surface area contributed by atoms with Crippen LogP contribution in [0.1, 0.15) is 43.1 Å². The number of nitrogens with zero attached hydrogens (tertiary/aromatic N) is 3. The van der Waals surface area contributed by atoms with Gasteiger partial charge in [0.15, 0.2) is 0 Å². The summed E-state index contributed by atoms with van der Waals surface area (Å²) in [4.78, 5) is 15.3. The molecular formula is C24H29ClFN3O3S. The molecule has 2 atom stereocenters. The molecule has 2 heterocycles. The number of hydrogen-bond donors (Lipinski definition) is 0. The van der Waals surface area contributed by atoms with Crippen LogP contribution in [0.4, 0.5) is 10.1 Å². The molecule has 2 aliphatic rings. The molecule has 2 aliphatic heterocycles. The largest absolute Gasteiger partial charge is 0.368 e. The highest BCUT2D eigenvalue weighted by atomic mass is 35.5. The monoisotopic (exact) mass is 493 g/mol. The molecule has 9 heteroatoms. The van der Waals surface area contributed by atoms with Crippen molar-refractivity contribution in [3.63, 3.8) is 0 Å². The topological polar surface area (TPSA) is 60.9 Å². The molecular weight excluding hydrogens is 465 g/mol. The summed E-state index contributed by atoms with van der Waals surface area (Å²) in [6.07, 6.45) is 1.16. The van der Waals surface area contributed by atoms with Gasteiger partial charge in [-0.25, -0.2) is 12.8 Å². The van der Waals surface area contributed by atoms with Crippen molar-refractivity contribution in [3.8, 4) is 0 Å². The average molecular weight is 494 g/mol. The smallest absolute Gasteiger partial charge is 0.221 e. The van der Waals surface area contributed by atoms with Crippen LogP contribution >= 0.6 is 11.6 Å². The number of rotatable bonds is 4. The van der Waals surface area contributed by atoms with Crippen LogP contribution in [0.25, 0.3) is 0 Å². The maximum absolute atomic E-state index is 15.1. The maximum atomic E-state index is 15.1. The number of amides is 1. The average Bonchev–Trinajstić information content (AvgIpc) is 2.78. The first-order valence-electron chi connectivity index (χ1n) is 11.2. The molecule has 0 spiro atoms. The summed E-state index contributed by atoms with van der Waals surface area (Å²) in [6, 6.07) is 11.7. The van der Waals surface area contributed by atoms with E-state index >= 15 is 4.39 Å². The fourth-order valence-electron chi connectivity index (χ4n) is 4.71. The molecule has 2 aromatic carbocycles. The van der Waals surface area contributed by atoms with E-state index in [1.54, 1.807) is 42.2 Å². The number of piperazine rings is 1. The molecule has 0 aromatic heterocycles. The predicted molar refractivity (Wildman–Crippen MR) is 128 cm³/mol. The molecule has 0 radical (unpaired) electrons. The molecule has 1 amide bonds. The lowest BCUT2D eigenvalue weighted by Gasteiger charge is -2.38. The van der Waals surface area contributed by atoms with Crippen molar-refractivity contribution < 1.29 is 17.6 Å². The van der Waals surface area contributed by atoms with Crippen molar-refractivity contribution in [2.45, 2.75) is 44.5 Å². The van der Waals surface area contributed by atoms with Gasteiger partial charge >= 0.3 is 0 Å². The molecule has 6 nitrogen and oxygen atoms in total. The molecule has 0 aliphatic carbocycles. The van der Waals surface area contributed by atoms with Crippen LogP contribution in [-0.2, 0) is 21.4 Å². The lowest BCUT2D eigenvalue weighted by molar-refractivity contribution is -0.129. The van der Waals surface area contributed by atoms with Crippen LogP contribution in [-0.4, -0.2) is 55.8 Å². The molecule has 0 saturated carbocycles. The SMILES string of the molecule is CC(=O)N1CCN(c2ccc(CN3[C@@H](C)CCC(c4ccccc4Cl)S3(=O)=O)c(F)c2)CC1. The Morgan fingerprint density at radius 2 is 1.79 bits per heavy atom. The normalized spacial score (nSPS) is 23.5. The van der Waals surface area contributed by atoms with Gasteiger partial charge in [-0.2, -0.15) is 4.31 Å². The zero-order valence-electron chi connectivity index (χ0n) is 18.9. The third kappa shape index (κ3) is 4.88. The Hall–Kier alpha value is -2.16. The second kappa shape index (κ2) is 9.60. The van der Waals surface area contributed by atoms with Crippen LogP contribution in [0, 0.1) is 5.82 Å². The molecule has 2 saturated heterocycles. The molecule has 4 rings (SSSR count). The summed E-state index contributed by atoms with van der Waals surface area (Å²) in [7, 11) is -3.71. The van der Waals surface area contributed by atoms with Gasteiger partial charge in [0, 0.05) is 62.0 Å². The molecule has 0 N–H and O–H groups in total. The lowest BCUT2D eigenvalue weighted by Crippen LogP contribution is -2.48. The number of halogens is 2. The highest BCUT2D eigenvalue weighted by Crippen LogP contribution is 2.40. The van der Waals surface area contributed by atoms with Crippen LogP contribution in [0.2, 0.25) is 5.02 Å². The van der Waals surface area contributed by atoms with Crippen molar-refractivity contribution in [1.82, 2.24) is 9.21 Å². The lowest BCUT2D eigenvalue weighted by atomic mass is 10.0. The number of anilines is 1. The van der Waals surface area contributed by atoms with Crippen molar-refractivity contribution in [2.75, 3.05) is 31.1 Å². The van der Waals surface area contributed by atoms with E-state index < -0.39 is 21.1 Å². The maximum Gasteiger partial charge on any atom is 0.221 e. The second-order valence-electron chi connectivity index (χ2n) is 8.80. The Morgan fingerprint density at radius 3 is 2.42 bits per heavy atom. The minimum Gasteiger partial charge on any atom is -0.368 e. The summed E-state index contributed by atoms with van der Waals surface area (Å²) in [5, 5.41) is -0.303. The third-order valence-corrected chi connectivity index (χ3v) is 9.43. The standard InChI is InChI=1S/C24H29ClFN3O3S/c1-17-7-10-24(21-5-3-4-6-22(21)25)33(31,32)29(17)16-19-8-9-20(15-23(19)26)28-13-11-27(12-14-28)18(2)30/h3-6,8-9,15,17,24H,7,10-14,16H2,1-2H3/t17-,24?/m0/s1. The first-order valence-corrected chi connectivity index (χ1v) is 13.1. The quantitative estimate of drug-likeness (QED) is 0.640. The molecule has 2 aromatic rings. The zero-order valence-corrected chi connectivity index (χ0v) is 20.4. The number of sulfonamides is 1. The van der Waals surface area contributed by atoms with Crippen LogP contribution in [0.3, 0.4) is 0 Å². The Balaban J connectivity index is 1.53. The summed E-state index contributed by atoms with van der Waals surface area (Å²) < 4.78 is 43.5. The van der Waals surface area contributed by atoms with Gasteiger partial charge in [-0.1, -0.05) is 35.9 Å². The van der Waals surface area contributed by atoms with E-state index in [2.05, 4.69) is 0 Å². The van der Waals surface area contributed by atoms with E-state index in [1.807, 2.05) is 17.9 Å². The minimum absolute atomic E-state index is 0.0192. The predicted octanol–water partition coefficient (Wildman–Crippen LogP) is 4.20. The fourth-order valence-corrected chi connectivity index (χ4v) is 7.25. The van der Waals surface area contributed by atoms with E-state index in [0.717, 1.165) is 5.69 Å². The van der Waals surface area contributed by atoms with Gasteiger partial charge in [0.1, 0.15) is 11.1 Å². The molecule has 0 bridgehead atoms. The third-order valence-electron chi connectivity index (χ3n) is 6.73. The number of carbonyl (C=O) groups is 1. The zero-order chi connectivity index (χ0) is 23.8. The Labute approximate surface area is 200 Å². The fraction of sp³-hybridized carbons (Fsp3) is 0.458. The van der Waals surface area contributed by atoms with E-state index in [1.165, 1.54) is 10.4 Å². The van der Waals surface area contributed by atoms with Gasteiger partial charge in [-0.3, -0.25) is 4.79 Å².